The van der Waals surface area contributed by atoms with E-state index in [0.717, 1.165) is 0 Å². The molecule has 0 aromatic heterocycles. The Morgan fingerprint density at radius 2 is 1.71 bits per heavy atom. The first-order valence-electron chi connectivity index (χ1n) is 6.82. The fourth-order valence-electron chi connectivity index (χ4n) is 1.48. The monoisotopic (exact) mass is 323 g/mol. The summed E-state index contributed by atoms with van der Waals surface area (Å²) < 4.78 is 14.9. The predicted octanol–water partition coefficient (Wildman–Crippen LogP) is 3.67. The fourth-order valence-corrected chi connectivity index (χ4v) is 1.57. The summed E-state index contributed by atoms with van der Waals surface area (Å²) in [6, 6.07) is -0.258. The minimum absolute atomic E-state index is 0.258. The summed E-state index contributed by atoms with van der Waals surface area (Å²) in [6.45, 7) is 11.5. The van der Waals surface area contributed by atoms with E-state index in [2.05, 4.69) is 10.1 Å². The zero-order valence-corrected chi connectivity index (χ0v) is 14.4. The lowest BCUT2D eigenvalue weighted by molar-refractivity contribution is -0.0146. The van der Waals surface area contributed by atoms with Crippen LogP contribution in [-0.4, -0.2) is 36.6 Å². The lowest BCUT2D eigenvalue weighted by Crippen LogP contribution is -2.38. The molecule has 0 aliphatic rings. The molecule has 0 aromatic carbocycles. The van der Waals surface area contributed by atoms with Gasteiger partial charge in [-0.1, -0.05) is 32.4 Å². The second-order valence-corrected chi connectivity index (χ2v) is 6.91. The number of carbonyl (C=O) groups is 2. The third kappa shape index (κ3) is 10.2. The van der Waals surface area contributed by atoms with Gasteiger partial charge >= 0.3 is 12.2 Å². The molecule has 0 aliphatic carbocycles. The SMILES string of the molecule is CC(C)(C)OC(=O)NCCC(OC(=O)OCCl)C(C)(C)C. The van der Waals surface area contributed by atoms with Crippen LogP contribution in [0.4, 0.5) is 9.59 Å². The largest absolute Gasteiger partial charge is 0.509 e. The van der Waals surface area contributed by atoms with Crippen LogP contribution in [0.2, 0.25) is 0 Å². The van der Waals surface area contributed by atoms with E-state index in [4.69, 9.17) is 21.1 Å². The minimum Gasteiger partial charge on any atom is -0.444 e. The highest BCUT2D eigenvalue weighted by Gasteiger charge is 2.29. The van der Waals surface area contributed by atoms with Crippen LogP contribution < -0.4 is 5.32 Å². The number of alkyl halides is 1. The van der Waals surface area contributed by atoms with Crippen molar-refractivity contribution >= 4 is 23.8 Å². The number of amides is 1. The Bertz CT molecular complexity index is 346. The van der Waals surface area contributed by atoms with Gasteiger partial charge in [0.05, 0.1) is 0 Å². The van der Waals surface area contributed by atoms with Crippen LogP contribution in [0.15, 0.2) is 0 Å². The lowest BCUT2D eigenvalue weighted by Gasteiger charge is -2.30. The second kappa shape index (κ2) is 8.32. The molecule has 0 rings (SSSR count). The standard InChI is InChI=1S/C14H26ClNO5/c1-13(2,3)10(20-12(18)19-9-15)7-8-16-11(17)21-14(4,5)6/h10H,7-9H2,1-6H3,(H,16,17). The molecule has 0 saturated carbocycles. The number of alkyl carbamates (subject to hydrolysis) is 1. The van der Waals surface area contributed by atoms with E-state index in [1.807, 2.05) is 20.8 Å². The number of hydrogen-bond acceptors (Lipinski definition) is 5. The first-order chi connectivity index (χ1) is 9.45. The summed E-state index contributed by atoms with van der Waals surface area (Å²) in [5.74, 6) is 0. The molecule has 0 bridgehead atoms. The van der Waals surface area contributed by atoms with E-state index >= 15 is 0 Å². The third-order valence-electron chi connectivity index (χ3n) is 2.45. The Kier molecular flexibility index (Phi) is 7.85. The minimum atomic E-state index is -0.817. The van der Waals surface area contributed by atoms with E-state index < -0.39 is 24.0 Å². The van der Waals surface area contributed by atoms with Crippen molar-refractivity contribution in [2.75, 3.05) is 12.6 Å². The lowest BCUT2D eigenvalue weighted by atomic mass is 9.87. The van der Waals surface area contributed by atoms with Gasteiger partial charge in [0.2, 0.25) is 0 Å². The predicted molar refractivity (Wildman–Crippen MR) is 80.4 cm³/mol. The maximum atomic E-state index is 11.5. The molecule has 1 N–H and O–H groups in total. The Morgan fingerprint density at radius 1 is 1.14 bits per heavy atom. The van der Waals surface area contributed by atoms with Crippen LogP contribution >= 0.6 is 11.6 Å². The Morgan fingerprint density at radius 3 is 2.14 bits per heavy atom. The van der Waals surface area contributed by atoms with Crippen LogP contribution in [0.25, 0.3) is 0 Å². The van der Waals surface area contributed by atoms with Gasteiger partial charge < -0.3 is 19.5 Å². The number of rotatable bonds is 5. The molecular formula is C14H26ClNO5. The van der Waals surface area contributed by atoms with Crippen molar-refractivity contribution in [2.24, 2.45) is 5.41 Å². The highest BCUT2D eigenvalue weighted by atomic mass is 35.5. The molecule has 0 aliphatic heterocycles. The number of hydrogen-bond donors (Lipinski definition) is 1. The molecule has 6 nitrogen and oxygen atoms in total. The molecule has 1 unspecified atom stereocenters. The highest BCUT2D eigenvalue weighted by molar-refractivity contribution is 6.17. The Balaban J connectivity index is 4.32. The molecule has 1 atom stereocenters. The van der Waals surface area contributed by atoms with Gasteiger partial charge in [0, 0.05) is 13.0 Å². The van der Waals surface area contributed by atoms with Crippen molar-refractivity contribution in [1.29, 1.82) is 0 Å². The Labute approximate surface area is 131 Å². The topological polar surface area (TPSA) is 73.9 Å². The average Bonchev–Trinajstić information content (AvgIpc) is 2.24. The van der Waals surface area contributed by atoms with Gasteiger partial charge in [-0.05, 0) is 26.2 Å². The summed E-state index contributed by atoms with van der Waals surface area (Å²) in [5.41, 5.74) is -0.838. The van der Waals surface area contributed by atoms with E-state index in [1.165, 1.54) is 0 Å². The molecule has 0 aromatic rings. The number of halogens is 1. The van der Waals surface area contributed by atoms with Gasteiger partial charge in [-0.15, -0.1) is 0 Å². The smallest absolute Gasteiger partial charge is 0.444 e. The van der Waals surface area contributed by atoms with Gasteiger partial charge in [0.1, 0.15) is 11.7 Å². The molecule has 7 heteroatoms. The van der Waals surface area contributed by atoms with Gasteiger partial charge in [0.25, 0.3) is 0 Å². The summed E-state index contributed by atoms with van der Waals surface area (Å²) in [5, 5.41) is 2.63. The maximum Gasteiger partial charge on any atom is 0.509 e. The first-order valence-corrected chi connectivity index (χ1v) is 7.35. The van der Waals surface area contributed by atoms with Gasteiger partial charge in [-0.3, -0.25) is 0 Å². The van der Waals surface area contributed by atoms with Crippen LogP contribution in [0.1, 0.15) is 48.0 Å². The van der Waals surface area contributed by atoms with Crippen molar-refractivity contribution < 1.29 is 23.8 Å². The summed E-state index contributed by atoms with van der Waals surface area (Å²) in [4.78, 5) is 22.9. The van der Waals surface area contributed by atoms with Crippen molar-refractivity contribution in [3.8, 4) is 0 Å². The average molecular weight is 324 g/mol. The first kappa shape index (κ1) is 19.8. The van der Waals surface area contributed by atoms with Crippen molar-refractivity contribution in [3.63, 3.8) is 0 Å². The molecule has 0 heterocycles. The zero-order chi connectivity index (χ0) is 16.7. The third-order valence-corrected chi connectivity index (χ3v) is 2.56. The quantitative estimate of drug-likeness (QED) is 0.617. The van der Waals surface area contributed by atoms with Crippen LogP contribution in [0.3, 0.4) is 0 Å². The molecule has 0 spiro atoms. The fraction of sp³-hybridized carbons (Fsp3) is 0.857. The molecular weight excluding hydrogens is 298 g/mol. The number of carbonyl (C=O) groups excluding carboxylic acids is 2. The molecule has 0 radical (unpaired) electrons. The van der Waals surface area contributed by atoms with Crippen LogP contribution in [-0.2, 0) is 14.2 Å². The normalized spacial score (nSPS) is 13.3. The highest BCUT2D eigenvalue weighted by Crippen LogP contribution is 2.25. The van der Waals surface area contributed by atoms with Crippen LogP contribution in [0.5, 0.6) is 0 Å². The molecule has 1 amide bonds. The molecule has 0 saturated heterocycles. The van der Waals surface area contributed by atoms with E-state index in [-0.39, 0.29) is 11.5 Å². The van der Waals surface area contributed by atoms with E-state index in [1.54, 1.807) is 20.8 Å². The van der Waals surface area contributed by atoms with E-state index in [9.17, 15) is 9.59 Å². The number of ether oxygens (including phenoxy) is 3. The van der Waals surface area contributed by atoms with E-state index in [0.29, 0.717) is 13.0 Å². The molecule has 21 heavy (non-hydrogen) atoms. The summed E-state index contributed by atoms with van der Waals surface area (Å²) in [7, 11) is 0. The number of nitrogens with one attached hydrogen (secondary N) is 1. The van der Waals surface area contributed by atoms with Crippen molar-refractivity contribution in [2.45, 2.75) is 59.7 Å². The van der Waals surface area contributed by atoms with Crippen molar-refractivity contribution in [3.05, 3.63) is 0 Å². The molecule has 0 fully saturated rings. The van der Waals surface area contributed by atoms with Crippen LogP contribution in [0, 0.1) is 5.41 Å². The second-order valence-electron chi connectivity index (χ2n) is 6.69. The van der Waals surface area contributed by atoms with Gasteiger partial charge in [-0.2, -0.15) is 0 Å². The summed E-state index contributed by atoms with van der Waals surface area (Å²) >= 11 is 5.30. The van der Waals surface area contributed by atoms with Gasteiger partial charge in [-0.25, -0.2) is 9.59 Å². The molecule has 124 valence electrons. The zero-order valence-electron chi connectivity index (χ0n) is 13.6. The Hall–Kier alpha value is -1.17. The van der Waals surface area contributed by atoms with Gasteiger partial charge in [0.15, 0.2) is 6.07 Å². The summed E-state index contributed by atoms with van der Waals surface area (Å²) in [6.07, 6.45) is -1.29. The van der Waals surface area contributed by atoms with Crippen molar-refractivity contribution in [1.82, 2.24) is 5.32 Å². The maximum absolute atomic E-state index is 11.5.